The molecule has 0 spiro atoms. The Morgan fingerprint density at radius 2 is 1.08 bits per heavy atom. The van der Waals surface area contributed by atoms with Gasteiger partial charge in [0.1, 0.15) is 0 Å². The molecule has 4 heterocycles. The van der Waals surface area contributed by atoms with Crippen molar-refractivity contribution in [1.29, 1.82) is 0 Å². The first-order valence-corrected chi connectivity index (χ1v) is 22.3. The molecule has 2 aromatic heterocycles. The number of nitrogens with zero attached hydrogens (tertiary/aromatic N) is 3. The van der Waals surface area contributed by atoms with E-state index in [4.69, 9.17) is 0 Å². The van der Waals surface area contributed by atoms with Crippen molar-refractivity contribution in [2.24, 2.45) is 0 Å². The summed E-state index contributed by atoms with van der Waals surface area (Å²) in [7, 11) is 0. The first-order chi connectivity index (χ1) is 29.4. The minimum atomic E-state index is 0.0208. The fourth-order valence-electron chi connectivity index (χ4n) is 9.59. The van der Waals surface area contributed by atoms with E-state index in [1.54, 1.807) is 0 Å². The summed E-state index contributed by atoms with van der Waals surface area (Å²) >= 11 is 3.83. The Bertz CT molecular complexity index is 3240. The molecule has 6 heteroatoms. The maximum atomic E-state index is 2.55. The van der Waals surface area contributed by atoms with Crippen LogP contribution in [0, 0.1) is 0 Å². The van der Waals surface area contributed by atoms with Gasteiger partial charge >= 0.3 is 0 Å². The molecular weight excluding hydrogens is 766 g/mol. The van der Waals surface area contributed by atoms with Gasteiger partial charge in [-0.15, -0.1) is 22.7 Å². The van der Waals surface area contributed by atoms with E-state index in [1.165, 1.54) is 80.0 Å². The fraction of sp³-hybridized carbons (Fsp3) is 0.0741. The van der Waals surface area contributed by atoms with Crippen LogP contribution in [0.2, 0.25) is 0 Å². The zero-order valence-electron chi connectivity index (χ0n) is 33.6. The predicted octanol–water partition coefficient (Wildman–Crippen LogP) is 14.1. The minimum absolute atomic E-state index is 0.0208. The average molecular weight is 806 g/mol. The number of para-hydroxylation sites is 3. The Morgan fingerprint density at radius 1 is 0.450 bits per heavy atom. The highest BCUT2D eigenvalue weighted by Crippen LogP contribution is 2.50. The molecule has 0 N–H and O–H groups in total. The first-order valence-electron chi connectivity index (χ1n) is 20.7. The van der Waals surface area contributed by atoms with Crippen LogP contribution in [-0.2, 0) is 5.41 Å². The highest BCUT2D eigenvalue weighted by atomic mass is 32.1. The van der Waals surface area contributed by atoms with Crippen molar-refractivity contribution in [2.45, 2.75) is 26.2 Å². The topological polar surface area (TPSA) is 9.72 Å². The Morgan fingerprint density at radius 3 is 1.82 bits per heavy atom. The van der Waals surface area contributed by atoms with Crippen LogP contribution in [0.25, 0.3) is 30.3 Å². The maximum Gasteiger partial charge on any atom is 0.264 e. The number of hydrogen-bond acceptors (Lipinski definition) is 5. The van der Waals surface area contributed by atoms with Crippen molar-refractivity contribution < 1.29 is 0 Å². The average Bonchev–Trinajstić information content (AvgIpc) is 3.85. The van der Waals surface area contributed by atoms with Crippen molar-refractivity contribution >= 4 is 127 Å². The van der Waals surface area contributed by atoms with Crippen molar-refractivity contribution in [2.75, 3.05) is 14.7 Å². The summed E-state index contributed by atoms with van der Waals surface area (Å²) in [6.07, 6.45) is 0. The second-order valence-corrected chi connectivity index (χ2v) is 19.1. The lowest BCUT2D eigenvalue weighted by atomic mass is 9.36. The van der Waals surface area contributed by atoms with Gasteiger partial charge in [-0.1, -0.05) is 112 Å². The summed E-state index contributed by atoms with van der Waals surface area (Å²) < 4.78 is 5.32. The molecule has 8 aromatic carbocycles. The van der Waals surface area contributed by atoms with E-state index in [2.05, 4.69) is 224 Å². The number of rotatable bonds is 5. The summed E-state index contributed by atoms with van der Waals surface area (Å²) in [4.78, 5) is 7.49. The molecular formula is C54H40BN3S2. The van der Waals surface area contributed by atoms with Gasteiger partial charge in [0.05, 0.1) is 5.69 Å². The second-order valence-electron chi connectivity index (χ2n) is 17.0. The lowest BCUT2D eigenvalue weighted by Gasteiger charge is -2.43. The van der Waals surface area contributed by atoms with Gasteiger partial charge in [0.2, 0.25) is 0 Å². The van der Waals surface area contributed by atoms with E-state index >= 15 is 0 Å². The molecule has 0 bridgehead atoms. The maximum absolute atomic E-state index is 2.55. The van der Waals surface area contributed by atoms with Crippen LogP contribution >= 0.6 is 22.7 Å². The molecule has 10 aromatic rings. The van der Waals surface area contributed by atoms with Crippen molar-refractivity contribution in [1.82, 2.24) is 0 Å². The monoisotopic (exact) mass is 805 g/mol. The molecule has 0 aliphatic carbocycles. The number of fused-ring (bicyclic) bond motifs is 9. The Balaban J connectivity index is 1.16. The standard InChI is InChI=1S/C54H40BN3S2/c1-54(2,3)35-26-30-50-43(32-35)52-53(60-50)55-44-29-27-40(56(36-16-7-4-8-17-36)37-18-9-5-10-19-37)34-47(44)57(39-28-31-49-42(33-39)41-22-13-14-25-48(41)59-49)45-23-15-24-46(51(45)55)58(52)38-20-11-6-12-21-38/h4-34H,1-3H3. The normalized spacial score (nSPS) is 13.2. The molecule has 0 saturated heterocycles. The third-order valence-corrected chi connectivity index (χ3v) is 14.7. The Hall–Kier alpha value is -6.60. The molecule has 60 heavy (non-hydrogen) atoms. The van der Waals surface area contributed by atoms with Crippen LogP contribution < -0.4 is 30.4 Å². The van der Waals surface area contributed by atoms with Crippen LogP contribution in [0.5, 0.6) is 0 Å². The molecule has 0 atom stereocenters. The molecule has 286 valence electrons. The largest absolute Gasteiger partial charge is 0.311 e. The van der Waals surface area contributed by atoms with Crippen molar-refractivity contribution in [3.05, 3.63) is 194 Å². The van der Waals surface area contributed by atoms with Crippen LogP contribution in [0.15, 0.2) is 188 Å². The third kappa shape index (κ3) is 5.41. The molecule has 2 aliphatic heterocycles. The van der Waals surface area contributed by atoms with Crippen molar-refractivity contribution in [3.8, 4) is 0 Å². The van der Waals surface area contributed by atoms with E-state index < -0.39 is 0 Å². The lowest BCUT2D eigenvalue weighted by molar-refractivity contribution is 0.591. The predicted molar refractivity (Wildman–Crippen MR) is 262 cm³/mol. The summed E-state index contributed by atoms with van der Waals surface area (Å²) in [5.74, 6) is 0. The highest BCUT2D eigenvalue weighted by Gasteiger charge is 2.45. The fourth-order valence-corrected chi connectivity index (χ4v) is 12.0. The summed E-state index contributed by atoms with van der Waals surface area (Å²) in [6, 6.07) is 69.7. The third-order valence-electron chi connectivity index (χ3n) is 12.4. The molecule has 3 nitrogen and oxygen atoms in total. The Labute approximate surface area is 359 Å². The molecule has 12 rings (SSSR count). The lowest BCUT2D eigenvalue weighted by Crippen LogP contribution is -2.60. The van der Waals surface area contributed by atoms with Crippen molar-refractivity contribution in [3.63, 3.8) is 0 Å². The minimum Gasteiger partial charge on any atom is -0.311 e. The smallest absolute Gasteiger partial charge is 0.264 e. The van der Waals surface area contributed by atoms with Gasteiger partial charge in [-0.2, -0.15) is 0 Å². The SMILES string of the molecule is CC(C)(C)c1ccc2sc3c(c2c1)N(c1ccccc1)c1cccc2c1B3c1ccc(N(c3ccccc3)c3ccccc3)cc1N2c1ccc2sc3ccccc3c2c1. The van der Waals surface area contributed by atoms with Gasteiger partial charge in [-0.3, -0.25) is 0 Å². The molecule has 0 fully saturated rings. The van der Waals surface area contributed by atoms with E-state index in [9.17, 15) is 0 Å². The van der Waals surface area contributed by atoms with Gasteiger partial charge in [0.25, 0.3) is 6.71 Å². The van der Waals surface area contributed by atoms with E-state index in [0.29, 0.717) is 0 Å². The van der Waals surface area contributed by atoms with Gasteiger partial charge in [0.15, 0.2) is 0 Å². The van der Waals surface area contributed by atoms with E-state index in [1.807, 2.05) is 22.7 Å². The van der Waals surface area contributed by atoms with Crippen LogP contribution in [0.1, 0.15) is 26.3 Å². The molecule has 0 unspecified atom stereocenters. The second kappa shape index (κ2) is 13.5. The zero-order chi connectivity index (χ0) is 40.1. The highest BCUT2D eigenvalue weighted by molar-refractivity contribution is 7.33. The van der Waals surface area contributed by atoms with Crippen LogP contribution in [-0.4, -0.2) is 6.71 Å². The molecule has 0 saturated carbocycles. The van der Waals surface area contributed by atoms with Gasteiger partial charge in [-0.25, -0.2) is 0 Å². The van der Waals surface area contributed by atoms with E-state index in [-0.39, 0.29) is 12.1 Å². The number of anilines is 9. The number of thiophene rings is 2. The summed E-state index contributed by atoms with van der Waals surface area (Å²) in [5, 5.41) is 3.91. The molecule has 2 aliphatic rings. The molecule has 0 radical (unpaired) electrons. The van der Waals surface area contributed by atoms with Crippen LogP contribution in [0.4, 0.5) is 51.2 Å². The van der Waals surface area contributed by atoms with E-state index in [0.717, 1.165) is 22.7 Å². The summed E-state index contributed by atoms with van der Waals surface area (Å²) in [5.41, 5.74) is 14.7. The van der Waals surface area contributed by atoms with Crippen LogP contribution in [0.3, 0.4) is 0 Å². The Kier molecular flexibility index (Phi) is 7.94. The first kappa shape index (κ1) is 35.4. The van der Waals surface area contributed by atoms with Gasteiger partial charge in [0, 0.05) is 80.5 Å². The zero-order valence-corrected chi connectivity index (χ0v) is 35.3. The molecule has 0 amide bonds. The van der Waals surface area contributed by atoms with Gasteiger partial charge in [-0.05, 0) is 119 Å². The summed E-state index contributed by atoms with van der Waals surface area (Å²) in [6.45, 7) is 6.99. The van der Waals surface area contributed by atoms with Gasteiger partial charge < -0.3 is 14.7 Å². The quantitative estimate of drug-likeness (QED) is 0.160. The number of benzene rings is 8. The number of hydrogen-bond donors (Lipinski definition) is 0.